The summed E-state index contributed by atoms with van der Waals surface area (Å²) in [6, 6.07) is 16.1. The number of hydrogen-bond acceptors (Lipinski definition) is 7. The molecule has 4 N–H and O–H groups in total. The van der Waals surface area contributed by atoms with Gasteiger partial charge in [-0.05, 0) is 89.5 Å². The molecule has 2 aliphatic rings. The number of rotatable bonds is 6. The Labute approximate surface area is 270 Å². The van der Waals surface area contributed by atoms with E-state index in [-0.39, 0.29) is 24.1 Å². The highest BCUT2D eigenvalue weighted by Gasteiger charge is 2.56. The summed E-state index contributed by atoms with van der Waals surface area (Å²) in [4.78, 5) is 43.8. The number of likely N-dealkylation sites (tertiary alicyclic amines) is 1. The first-order valence-corrected chi connectivity index (χ1v) is 16.0. The van der Waals surface area contributed by atoms with Gasteiger partial charge in [-0.25, -0.2) is 14.8 Å². The van der Waals surface area contributed by atoms with Crippen molar-refractivity contribution in [1.82, 2.24) is 24.8 Å². The molecule has 4 aromatic rings. The third-order valence-electron chi connectivity index (χ3n) is 8.76. The second kappa shape index (κ2) is 11.7. The second-order valence-corrected chi connectivity index (χ2v) is 14.4. The standard InChI is InChI=1S/C36H44N6O4/c1-34(2,3)45-32(43)36(18-17-29(36)37)31-39-21-27(41-31)25-15-11-23(12-16-25)22-9-13-24(14-10-22)26-20-38-30(40-26)28-8-7-19-42(28)33(44)46-35(4,5)6/h9-16,20-21,28-29H,7-8,17-19,37H2,1-6H3,(H,38,40)(H,39,41). The number of nitrogens with one attached hydrogen (secondary N) is 2. The molecule has 10 nitrogen and oxygen atoms in total. The molecule has 2 aromatic carbocycles. The van der Waals surface area contributed by atoms with Gasteiger partial charge >= 0.3 is 12.1 Å². The summed E-state index contributed by atoms with van der Waals surface area (Å²) in [5.74, 6) is 1.00. The fourth-order valence-electron chi connectivity index (χ4n) is 6.23. The topological polar surface area (TPSA) is 139 Å². The van der Waals surface area contributed by atoms with Crippen LogP contribution in [0.5, 0.6) is 0 Å². The highest BCUT2D eigenvalue weighted by molar-refractivity contribution is 5.85. The van der Waals surface area contributed by atoms with Crippen molar-refractivity contribution in [2.75, 3.05) is 6.54 Å². The van der Waals surface area contributed by atoms with Crippen molar-refractivity contribution in [3.05, 3.63) is 72.6 Å². The molecule has 3 atom stereocenters. The summed E-state index contributed by atoms with van der Waals surface area (Å²) in [7, 11) is 0. The summed E-state index contributed by atoms with van der Waals surface area (Å²) in [6.07, 6.45) is 6.39. The van der Waals surface area contributed by atoms with Gasteiger partial charge in [0, 0.05) is 12.6 Å². The number of H-pyrrole nitrogens is 2. The summed E-state index contributed by atoms with van der Waals surface area (Å²) < 4.78 is 11.4. The molecule has 0 bridgehead atoms. The molecular formula is C36H44N6O4. The van der Waals surface area contributed by atoms with Crippen LogP contribution < -0.4 is 5.73 Å². The number of hydrogen-bond donors (Lipinski definition) is 3. The van der Waals surface area contributed by atoms with Gasteiger partial charge in [-0.3, -0.25) is 9.69 Å². The predicted molar refractivity (Wildman–Crippen MR) is 177 cm³/mol. The Hall–Kier alpha value is -4.44. The number of carbonyl (C=O) groups excluding carboxylic acids is 2. The lowest BCUT2D eigenvalue weighted by molar-refractivity contribution is -0.167. The number of carbonyl (C=O) groups is 2. The van der Waals surface area contributed by atoms with Crippen LogP contribution in [0.1, 0.15) is 84.9 Å². The minimum absolute atomic E-state index is 0.124. The van der Waals surface area contributed by atoms with Crippen LogP contribution in [-0.2, 0) is 19.7 Å². The maximum atomic E-state index is 13.2. The van der Waals surface area contributed by atoms with Gasteiger partial charge in [-0.15, -0.1) is 0 Å². The van der Waals surface area contributed by atoms with Crippen molar-refractivity contribution in [3.63, 3.8) is 0 Å². The average molecular weight is 625 g/mol. The lowest BCUT2D eigenvalue weighted by Crippen LogP contribution is -2.61. The minimum Gasteiger partial charge on any atom is -0.459 e. The molecule has 1 aliphatic carbocycles. The zero-order valence-electron chi connectivity index (χ0n) is 27.5. The van der Waals surface area contributed by atoms with Gasteiger partial charge in [0.2, 0.25) is 0 Å². The first-order valence-electron chi connectivity index (χ1n) is 16.0. The van der Waals surface area contributed by atoms with E-state index in [0.29, 0.717) is 18.8 Å². The Balaban J connectivity index is 1.14. The Bertz CT molecular complexity index is 1710. The molecule has 2 aromatic heterocycles. The van der Waals surface area contributed by atoms with Gasteiger partial charge < -0.3 is 25.2 Å². The van der Waals surface area contributed by atoms with E-state index < -0.39 is 16.6 Å². The number of amides is 1. The lowest BCUT2D eigenvalue weighted by Gasteiger charge is -2.44. The monoisotopic (exact) mass is 624 g/mol. The lowest BCUT2D eigenvalue weighted by atomic mass is 9.64. The smallest absolute Gasteiger partial charge is 0.410 e. The zero-order chi connectivity index (χ0) is 32.9. The largest absolute Gasteiger partial charge is 0.459 e. The minimum atomic E-state index is -0.947. The van der Waals surface area contributed by atoms with E-state index in [9.17, 15) is 9.59 Å². The average Bonchev–Trinajstić information content (AvgIpc) is 3.76. The molecule has 46 heavy (non-hydrogen) atoms. The summed E-state index contributed by atoms with van der Waals surface area (Å²) in [5.41, 5.74) is 10.1. The Morgan fingerprint density at radius 1 is 0.804 bits per heavy atom. The van der Waals surface area contributed by atoms with E-state index in [0.717, 1.165) is 58.7 Å². The van der Waals surface area contributed by atoms with E-state index >= 15 is 0 Å². The van der Waals surface area contributed by atoms with Gasteiger partial charge in [-0.1, -0.05) is 48.5 Å². The second-order valence-electron chi connectivity index (χ2n) is 14.4. The molecule has 242 valence electrons. The molecule has 0 spiro atoms. The van der Waals surface area contributed by atoms with Crippen LogP contribution in [0.4, 0.5) is 4.79 Å². The van der Waals surface area contributed by atoms with Gasteiger partial charge in [0.1, 0.15) is 28.3 Å². The predicted octanol–water partition coefficient (Wildman–Crippen LogP) is 6.91. The van der Waals surface area contributed by atoms with E-state index in [1.54, 1.807) is 11.1 Å². The van der Waals surface area contributed by atoms with Crippen molar-refractivity contribution in [2.45, 2.75) is 95.9 Å². The molecular weight excluding hydrogens is 580 g/mol. The molecule has 1 saturated heterocycles. The molecule has 1 aliphatic heterocycles. The number of aromatic amines is 2. The van der Waals surface area contributed by atoms with Gasteiger partial charge in [0.25, 0.3) is 0 Å². The fourth-order valence-corrected chi connectivity index (χ4v) is 6.23. The Morgan fingerprint density at radius 3 is 1.87 bits per heavy atom. The molecule has 2 fully saturated rings. The van der Waals surface area contributed by atoms with Gasteiger partial charge in [0.15, 0.2) is 0 Å². The Morgan fingerprint density at radius 2 is 1.35 bits per heavy atom. The van der Waals surface area contributed by atoms with E-state index in [4.69, 9.17) is 15.2 Å². The molecule has 0 radical (unpaired) electrons. The highest BCUT2D eigenvalue weighted by Crippen LogP contribution is 2.44. The van der Waals surface area contributed by atoms with E-state index in [1.807, 2.05) is 59.9 Å². The van der Waals surface area contributed by atoms with Crippen molar-refractivity contribution < 1.29 is 19.1 Å². The normalized spacial score (nSPS) is 21.6. The van der Waals surface area contributed by atoms with Crippen LogP contribution in [-0.4, -0.2) is 60.7 Å². The summed E-state index contributed by atoms with van der Waals surface area (Å²) >= 11 is 0. The van der Waals surface area contributed by atoms with Gasteiger partial charge in [-0.2, -0.15) is 0 Å². The SMILES string of the molecule is CC(C)(C)OC(=O)N1CCCC1c1ncc(-c2ccc(-c3ccc(-c4cnc(C5(C(=O)OC(C)(C)C)CCC5N)[nH]4)cc3)cc2)[nH]1. The molecule has 1 saturated carbocycles. The Kier molecular flexibility index (Phi) is 8.04. The van der Waals surface area contributed by atoms with Crippen LogP contribution in [0.2, 0.25) is 0 Å². The quantitative estimate of drug-likeness (QED) is 0.198. The maximum absolute atomic E-state index is 13.2. The van der Waals surface area contributed by atoms with Crippen LogP contribution in [0.15, 0.2) is 60.9 Å². The highest BCUT2D eigenvalue weighted by atomic mass is 16.6. The molecule has 1 amide bonds. The van der Waals surface area contributed by atoms with E-state index in [2.05, 4.69) is 56.3 Å². The van der Waals surface area contributed by atoms with E-state index in [1.165, 1.54) is 0 Å². The molecule has 6 rings (SSSR count). The molecule has 3 unspecified atom stereocenters. The number of imidazole rings is 2. The number of nitrogens with zero attached hydrogens (tertiary/aromatic N) is 3. The van der Waals surface area contributed by atoms with Crippen molar-refractivity contribution in [3.8, 4) is 33.6 Å². The number of aromatic nitrogens is 4. The number of esters is 1. The third-order valence-corrected chi connectivity index (χ3v) is 8.76. The molecule has 3 heterocycles. The zero-order valence-corrected chi connectivity index (χ0v) is 27.5. The third kappa shape index (κ3) is 6.18. The van der Waals surface area contributed by atoms with Crippen LogP contribution >= 0.6 is 0 Å². The maximum Gasteiger partial charge on any atom is 0.410 e. The number of ether oxygens (including phenoxy) is 2. The van der Waals surface area contributed by atoms with Crippen LogP contribution in [0, 0.1) is 0 Å². The summed E-state index contributed by atoms with van der Waals surface area (Å²) in [6.45, 7) is 11.9. The van der Waals surface area contributed by atoms with Crippen LogP contribution in [0.25, 0.3) is 33.6 Å². The van der Waals surface area contributed by atoms with Crippen molar-refractivity contribution in [1.29, 1.82) is 0 Å². The van der Waals surface area contributed by atoms with Crippen LogP contribution in [0.3, 0.4) is 0 Å². The molecule has 10 heteroatoms. The number of nitrogens with two attached hydrogens (primary N) is 1. The number of benzene rings is 2. The first kappa shape index (κ1) is 31.5. The first-order chi connectivity index (χ1) is 21.7. The fraction of sp³-hybridized carbons (Fsp3) is 0.444. The van der Waals surface area contributed by atoms with Gasteiger partial charge in [0.05, 0.1) is 29.8 Å². The van der Waals surface area contributed by atoms with Crippen molar-refractivity contribution in [2.24, 2.45) is 5.73 Å². The van der Waals surface area contributed by atoms with Crippen molar-refractivity contribution >= 4 is 12.1 Å². The summed E-state index contributed by atoms with van der Waals surface area (Å²) in [5, 5.41) is 0.